The minimum absolute atomic E-state index is 0.0291. The first-order valence-corrected chi connectivity index (χ1v) is 12.1. The summed E-state index contributed by atoms with van der Waals surface area (Å²) < 4.78 is 16.7. The van der Waals surface area contributed by atoms with Crippen LogP contribution in [0, 0.1) is 0 Å². The fourth-order valence-corrected chi connectivity index (χ4v) is 4.11. The van der Waals surface area contributed by atoms with Crippen LogP contribution in [0.1, 0.15) is 23.1 Å². The van der Waals surface area contributed by atoms with Gasteiger partial charge in [-0.05, 0) is 35.7 Å². The van der Waals surface area contributed by atoms with Crippen molar-refractivity contribution in [3.05, 3.63) is 83.4 Å². The average molecular weight is 527 g/mol. The summed E-state index contributed by atoms with van der Waals surface area (Å²) in [4.78, 5) is 12.5. The van der Waals surface area contributed by atoms with Gasteiger partial charge in [0.2, 0.25) is 6.29 Å². The molecule has 0 saturated carbocycles. The number of ether oxygens (including phenoxy) is 3. The van der Waals surface area contributed by atoms with Crippen LogP contribution in [0.3, 0.4) is 0 Å². The van der Waals surface area contributed by atoms with Gasteiger partial charge in [0.15, 0.2) is 11.5 Å². The predicted octanol–water partition coefficient (Wildman–Crippen LogP) is 1.41. The fourth-order valence-electron chi connectivity index (χ4n) is 4.11. The first-order valence-electron chi connectivity index (χ1n) is 12.1. The zero-order valence-corrected chi connectivity index (χ0v) is 20.4. The molecule has 4 rings (SSSR count). The van der Waals surface area contributed by atoms with E-state index in [9.17, 15) is 35.4 Å². The molecule has 1 fully saturated rings. The Labute approximate surface area is 218 Å². The molecule has 1 aliphatic heterocycles. The number of benzene rings is 3. The van der Waals surface area contributed by atoms with E-state index in [0.717, 1.165) is 11.1 Å². The maximum atomic E-state index is 12.5. The molecule has 1 saturated heterocycles. The minimum Gasteiger partial charge on any atom is -0.508 e. The van der Waals surface area contributed by atoms with E-state index in [0.29, 0.717) is 18.4 Å². The Bertz CT molecular complexity index is 1210. The number of phenolic OH excluding ortho intramolecular Hbond substituents is 2. The number of aliphatic hydroxyl groups is 4. The topological polar surface area (TPSA) is 166 Å². The lowest BCUT2D eigenvalue weighted by molar-refractivity contribution is -0.277. The summed E-state index contributed by atoms with van der Waals surface area (Å²) >= 11 is 0. The van der Waals surface area contributed by atoms with Gasteiger partial charge in [-0.2, -0.15) is 0 Å². The summed E-state index contributed by atoms with van der Waals surface area (Å²) in [6, 6.07) is 18.4. The Hall–Kier alpha value is -3.67. The van der Waals surface area contributed by atoms with E-state index in [1.165, 1.54) is 24.3 Å². The zero-order valence-electron chi connectivity index (χ0n) is 20.4. The third kappa shape index (κ3) is 6.60. The highest BCUT2D eigenvalue weighted by atomic mass is 16.7. The number of aryl methyl sites for hydroxylation is 1. The summed E-state index contributed by atoms with van der Waals surface area (Å²) in [5, 5.41) is 60.0. The van der Waals surface area contributed by atoms with Gasteiger partial charge in [0.25, 0.3) is 0 Å². The Balaban J connectivity index is 1.55. The SMILES string of the molecule is O=C(CCc1ccc(O)cc1)Oc1cc(Cc2ccccc2)c(OC2OC(CO)C(O)C(O)C2O)cc1O. The summed E-state index contributed by atoms with van der Waals surface area (Å²) in [6.07, 6.45) is -6.75. The van der Waals surface area contributed by atoms with Crippen LogP contribution < -0.4 is 9.47 Å². The Kier molecular flexibility index (Phi) is 8.82. The van der Waals surface area contributed by atoms with E-state index in [2.05, 4.69) is 0 Å². The van der Waals surface area contributed by atoms with E-state index in [4.69, 9.17) is 14.2 Å². The Morgan fingerprint density at radius 3 is 2.24 bits per heavy atom. The van der Waals surface area contributed by atoms with Gasteiger partial charge in [-0.1, -0.05) is 42.5 Å². The maximum Gasteiger partial charge on any atom is 0.311 e. The minimum atomic E-state index is -1.64. The number of aromatic hydroxyl groups is 2. The first-order chi connectivity index (χ1) is 18.2. The zero-order chi connectivity index (χ0) is 27.2. The molecule has 38 heavy (non-hydrogen) atoms. The Morgan fingerprint density at radius 1 is 0.842 bits per heavy atom. The highest BCUT2D eigenvalue weighted by Gasteiger charge is 2.45. The maximum absolute atomic E-state index is 12.5. The van der Waals surface area contributed by atoms with E-state index < -0.39 is 49.0 Å². The molecule has 5 atom stereocenters. The van der Waals surface area contributed by atoms with Crippen LogP contribution >= 0.6 is 0 Å². The van der Waals surface area contributed by atoms with Gasteiger partial charge >= 0.3 is 5.97 Å². The number of esters is 1. The van der Waals surface area contributed by atoms with Crippen LogP contribution in [0.15, 0.2) is 66.7 Å². The lowest BCUT2D eigenvalue weighted by Gasteiger charge is -2.39. The van der Waals surface area contributed by atoms with Crippen molar-refractivity contribution in [2.45, 2.75) is 50.0 Å². The summed E-state index contributed by atoms with van der Waals surface area (Å²) in [6.45, 7) is -0.619. The van der Waals surface area contributed by atoms with Crippen LogP contribution in [0.2, 0.25) is 0 Å². The normalized spacial score (nSPS) is 23.1. The second-order valence-corrected chi connectivity index (χ2v) is 9.05. The van der Waals surface area contributed by atoms with Crippen molar-refractivity contribution in [3.8, 4) is 23.0 Å². The second kappa shape index (κ2) is 12.2. The molecule has 0 aliphatic carbocycles. The van der Waals surface area contributed by atoms with Gasteiger partial charge in [0.1, 0.15) is 35.9 Å². The van der Waals surface area contributed by atoms with Crippen molar-refractivity contribution in [2.24, 2.45) is 0 Å². The van der Waals surface area contributed by atoms with Crippen LogP contribution in [-0.4, -0.2) is 73.9 Å². The van der Waals surface area contributed by atoms with Gasteiger partial charge in [-0.25, -0.2) is 0 Å². The monoisotopic (exact) mass is 526 g/mol. The summed E-state index contributed by atoms with van der Waals surface area (Å²) in [7, 11) is 0. The second-order valence-electron chi connectivity index (χ2n) is 9.05. The number of hydrogen-bond acceptors (Lipinski definition) is 10. The fraction of sp³-hybridized carbons (Fsp3) is 0.321. The van der Waals surface area contributed by atoms with E-state index in [1.54, 1.807) is 12.1 Å². The van der Waals surface area contributed by atoms with Crippen molar-refractivity contribution in [1.82, 2.24) is 0 Å². The molecule has 202 valence electrons. The molecule has 0 bridgehead atoms. The van der Waals surface area contributed by atoms with Crippen molar-refractivity contribution in [3.63, 3.8) is 0 Å². The molecule has 5 unspecified atom stereocenters. The van der Waals surface area contributed by atoms with Gasteiger partial charge in [-0.15, -0.1) is 0 Å². The number of aliphatic hydroxyl groups excluding tert-OH is 4. The van der Waals surface area contributed by atoms with Crippen molar-refractivity contribution in [2.75, 3.05) is 6.61 Å². The molecule has 10 heteroatoms. The van der Waals surface area contributed by atoms with Crippen molar-refractivity contribution >= 4 is 5.97 Å². The molecule has 1 heterocycles. The molecular weight excluding hydrogens is 496 g/mol. The summed E-state index contributed by atoms with van der Waals surface area (Å²) in [5.41, 5.74) is 2.19. The highest BCUT2D eigenvalue weighted by Crippen LogP contribution is 2.37. The van der Waals surface area contributed by atoms with Crippen LogP contribution in [0.4, 0.5) is 0 Å². The van der Waals surface area contributed by atoms with E-state index in [1.807, 2.05) is 30.3 Å². The van der Waals surface area contributed by atoms with E-state index in [-0.39, 0.29) is 23.7 Å². The van der Waals surface area contributed by atoms with Crippen LogP contribution in [0.25, 0.3) is 0 Å². The lowest BCUT2D eigenvalue weighted by Crippen LogP contribution is -2.60. The predicted molar refractivity (Wildman–Crippen MR) is 134 cm³/mol. The molecular formula is C28H30O10. The summed E-state index contributed by atoms with van der Waals surface area (Å²) in [5.74, 6) is -0.869. The van der Waals surface area contributed by atoms with Crippen molar-refractivity contribution in [1.29, 1.82) is 0 Å². The first kappa shape index (κ1) is 27.4. The van der Waals surface area contributed by atoms with Gasteiger partial charge < -0.3 is 44.8 Å². The van der Waals surface area contributed by atoms with Crippen LogP contribution in [0.5, 0.6) is 23.0 Å². The Morgan fingerprint density at radius 2 is 1.55 bits per heavy atom. The third-order valence-electron chi connectivity index (χ3n) is 6.25. The van der Waals surface area contributed by atoms with Gasteiger partial charge in [-0.3, -0.25) is 4.79 Å². The lowest BCUT2D eigenvalue weighted by atomic mass is 9.99. The average Bonchev–Trinajstić information content (AvgIpc) is 2.91. The molecule has 6 N–H and O–H groups in total. The van der Waals surface area contributed by atoms with Crippen molar-refractivity contribution < 1.29 is 49.6 Å². The number of rotatable bonds is 9. The number of carbonyl (C=O) groups excluding carboxylic acids is 1. The molecule has 3 aromatic rings. The number of carbonyl (C=O) groups is 1. The standard InChI is InChI=1S/C28H30O10/c29-15-23-25(33)26(34)27(35)28(38-23)37-21-14-20(31)22(13-18(21)12-17-4-2-1-3-5-17)36-24(32)11-8-16-6-9-19(30)10-7-16/h1-7,9-10,13-14,23,25-31,33-35H,8,11-12,15H2. The molecule has 3 aromatic carbocycles. The molecule has 10 nitrogen and oxygen atoms in total. The highest BCUT2D eigenvalue weighted by molar-refractivity contribution is 5.74. The molecule has 0 aromatic heterocycles. The van der Waals surface area contributed by atoms with Gasteiger partial charge in [0, 0.05) is 24.5 Å². The van der Waals surface area contributed by atoms with Gasteiger partial charge in [0.05, 0.1) is 6.61 Å². The quantitative estimate of drug-likeness (QED) is 0.177. The molecule has 0 radical (unpaired) electrons. The molecule has 0 spiro atoms. The van der Waals surface area contributed by atoms with Crippen LogP contribution in [-0.2, 0) is 22.4 Å². The smallest absolute Gasteiger partial charge is 0.311 e. The number of phenols is 2. The third-order valence-corrected chi connectivity index (χ3v) is 6.25. The molecule has 0 amide bonds. The molecule has 1 aliphatic rings. The number of hydrogen-bond donors (Lipinski definition) is 6. The largest absolute Gasteiger partial charge is 0.508 e. The van der Waals surface area contributed by atoms with E-state index >= 15 is 0 Å².